The first kappa shape index (κ1) is 13.4. The zero-order valence-electron chi connectivity index (χ0n) is 11.4. The molecular weight excluding hydrogens is 275 g/mol. The zero-order chi connectivity index (χ0) is 14.3. The number of thiophene rings is 1. The molecule has 20 heavy (non-hydrogen) atoms. The standard InChI is InChI=1S/C15H17FN2OS/c1-2-18(8-9-3-4-9)15(19)14-13(17)11-7-10(16)5-6-12(11)20-14/h5-7,9H,2-4,8,17H2,1H3. The second-order valence-electron chi connectivity index (χ2n) is 5.27. The molecule has 1 heterocycles. The number of hydrogen-bond acceptors (Lipinski definition) is 3. The highest BCUT2D eigenvalue weighted by atomic mass is 32.1. The monoisotopic (exact) mass is 292 g/mol. The van der Waals surface area contributed by atoms with Crippen molar-refractivity contribution in [3.63, 3.8) is 0 Å². The first-order valence-corrected chi connectivity index (χ1v) is 7.68. The third-order valence-corrected chi connectivity index (χ3v) is 4.90. The Morgan fingerprint density at radius 1 is 1.50 bits per heavy atom. The molecule has 1 saturated carbocycles. The quantitative estimate of drug-likeness (QED) is 0.937. The van der Waals surface area contributed by atoms with E-state index in [4.69, 9.17) is 5.73 Å². The predicted molar refractivity (Wildman–Crippen MR) is 80.5 cm³/mol. The van der Waals surface area contributed by atoms with E-state index in [0.717, 1.165) is 11.2 Å². The summed E-state index contributed by atoms with van der Waals surface area (Å²) >= 11 is 1.35. The lowest BCUT2D eigenvalue weighted by Gasteiger charge is -2.20. The smallest absolute Gasteiger partial charge is 0.266 e. The topological polar surface area (TPSA) is 46.3 Å². The highest BCUT2D eigenvalue weighted by Crippen LogP contribution is 2.36. The van der Waals surface area contributed by atoms with Crippen LogP contribution in [0.1, 0.15) is 29.4 Å². The molecule has 1 aromatic heterocycles. The van der Waals surface area contributed by atoms with Crippen LogP contribution in [0.4, 0.5) is 10.1 Å². The van der Waals surface area contributed by atoms with Crippen molar-refractivity contribution in [1.82, 2.24) is 4.90 Å². The van der Waals surface area contributed by atoms with Gasteiger partial charge >= 0.3 is 0 Å². The normalized spacial score (nSPS) is 14.7. The molecule has 0 saturated heterocycles. The van der Waals surface area contributed by atoms with E-state index in [0.29, 0.717) is 28.4 Å². The van der Waals surface area contributed by atoms with Gasteiger partial charge in [-0.05, 0) is 43.9 Å². The van der Waals surface area contributed by atoms with Gasteiger partial charge in [0.05, 0.1) is 5.69 Å². The fourth-order valence-electron chi connectivity index (χ4n) is 2.36. The van der Waals surface area contributed by atoms with Crippen LogP contribution in [0, 0.1) is 11.7 Å². The lowest BCUT2D eigenvalue weighted by Crippen LogP contribution is -2.32. The maximum Gasteiger partial charge on any atom is 0.266 e. The van der Waals surface area contributed by atoms with E-state index in [1.54, 1.807) is 6.07 Å². The molecule has 0 aliphatic heterocycles. The highest BCUT2D eigenvalue weighted by Gasteiger charge is 2.28. The second-order valence-corrected chi connectivity index (χ2v) is 6.32. The Hall–Kier alpha value is -1.62. The third-order valence-electron chi connectivity index (χ3n) is 3.73. The van der Waals surface area contributed by atoms with Crippen LogP contribution in [-0.4, -0.2) is 23.9 Å². The van der Waals surface area contributed by atoms with Crippen LogP contribution in [0.25, 0.3) is 10.1 Å². The highest BCUT2D eigenvalue weighted by molar-refractivity contribution is 7.21. The summed E-state index contributed by atoms with van der Waals surface area (Å²) in [4.78, 5) is 15.0. The van der Waals surface area contributed by atoms with Gasteiger partial charge in [0.15, 0.2) is 0 Å². The summed E-state index contributed by atoms with van der Waals surface area (Å²) in [7, 11) is 0. The SMILES string of the molecule is CCN(CC1CC1)C(=O)c1sc2ccc(F)cc2c1N. The Bertz CT molecular complexity index is 663. The van der Waals surface area contributed by atoms with Gasteiger partial charge < -0.3 is 10.6 Å². The molecule has 0 unspecified atom stereocenters. The van der Waals surface area contributed by atoms with E-state index in [1.165, 1.54) is 36.3 Å². The van der Waals surface area contributed by atoms with Crippen molar-refractivity contribution in [2.45, 2.75) is 19.8 Å². The van der Waals surface area contributed by atoms with Crippen molar-refractivity contribution < 1.29 is 9.18 Å². The molecule has 0 radical (unpaired) electrons. The largest absolute Gasteiger partial charge is 0.397 e. The van der Waals surface area contributed by atoms with Crippen LogP contribution >= 0.6 is 11.3 Å². The van der Waals surface area contributed by atoms with Gasteiger partial charge in [-0.1, -0.05) is 0 Å². The van der Waals surface area contributed by atoms with Crippen molar-refractivity contribution in [3.05, 3.63) is 28.9 Å². The van der Waals surface area contributed by atoms with Crippen LogP contribution in [0.5, 0.6) is 0 Å². The molecule has 3 rings (SSSR count). The minimum absolute atomic E-state index is 0.0292. The Kier molecular flexibility index (Phi) is 3.38. The Balaban J connectivity index is 1.95. The number of amides is 1. The number of benzene rings is 1. The number of hydrogen-bond donors (Lipinski definition) is 1. The Morgan fingerprint density at radius 2 is 2.25 bits per heavy atom. The van der Waals surface area contributed by atoms with Crippen molar-refractivity contribution in [2.24, 2.45) is 5.92 Å². The molecule has 5 heteroatoms. The molecule has 0 atom stereocenters. The van der Waals surface area contributed by atoms with Gasteiger partial charge in [-0.3, -0.25) is 4.79 Å². The van der Waals surface area contributed by atoms with Crippen LogP contribution < -0.4 is 5.73 Å². The van der Waals surface area contributed by atoms with Gasteiger partial charge in [0, 0.05) is 23.2 Å². The summed E-state index contributed by atoms with van der Waals surface area (Å²) in [5.74, 6) is 0.289. The molecule has 1 aliphatic carbocycles. The molecule has 1 amide bonds. The molecule has 2 aromatic rings. The molecule has 1 aliphatic rings. The lowest BCUT2D eigenvalue weighted by molar-refractivity contribution is 0.0763. The summed E-state index contributed by atoms with van der Waals surface area (Å²) in [6, 6.07) is 4.48. The minimum Gasteiger partial charge on any atom is -0.397 e. The summed E-state index contributed by atoms with van der Waals surface area (Å²) in [6.45, 7) is 3.46. The number of nitrogens with zero attached hydrogens (tertiary/aromatic N) is 1. The lowest BCUT2D eigenvalue weighted by atomic mass is 10.2. The molecule has 1 fully saturated rings. The summed E-state index contributed by atoms with van der Waals surface area (Å²) in [5, 5.41) is 0.640. The van der Waals surface area contributed by atoms with Crippen LogP contribution in [-0.2, 0) is 0 Å². The minimum atomic E-state index is -0.327. The van der Waals surface area contributed by atoms with E-state index in [9.17, 15) is 9.18 Å². The van der Waals surface area contributed by atoms with Gasteiger partial charge in [0.25, 0.3) is 5.91 Å². The first-order valence-electron chi connectivity index (χ1n) is 6.87. The number of anilines is 1. The van der Waals surface area contributed by atoms with Gasteiger partial charge in [0.2, 0.25) is 0 Å². The average molecular weight is 292 g/mol. The molecule has 0 bridgehead atoms. The Labute approximate surface area is 121 Å². The zero-order valence-corrected chi connectivity index (χ0v) is 12.2. The van der Waals surface area contributed by atoms with E-state index < -0.39 is 0 Å². The molecule has 3 nitrogen and oxygen atoms in total. The number of fused-ring (bicyclic) bond motifs is 1. The predicted octanol–water partition coefficient (Wildman–Crippen LogP) is 3.49. The van der Waals surface area contributed by atoms with Crippen LogP contribution in [0.2, 0.25) is 0 Å². The van der Waals surface area contributed by atoms with Crippen molar-refractivity contribution >= 4 is 33.0 Å². The fraction of sp³-hybridized carbons (Fsp3) is 0.400. The van der Waals surface area contributed by atoms with Gasteiger partial charge in [-0.15, -0.1) is 11.3 Å². The molecular formula is C15H17FN2OS. The number of rotatable bonds is 4. The fourth-order valence-corrected chi connectivity index (χ4v) is 3.43. The summed E-state index contributed by atoms with van der Waals surface area (Å²) in [6.07, 6.45) is 2.41. The maximum atomic E-state index is 13.3. The second kappa shape index (κ2) is 5.05. The average Bonchev–Trinajstić information content (AvgIpc) is 3.20. The first-order chi connectivity index (χ1) is 9.60. The van der Waals surface area contributed by atoms with E-state index in [-0.39, 0.29) is 11.7 Å². The molecule has 2 N–H and O–H groups in total. The summed E-state index contributed by atoms with van der Waals surface area (Å²) < 4.78 is 14.1. The third kappa shape index (κ3) is 2.38. The van der Waals surface area contributed by atoms with E-state index >= 15 is 0 Å². The molecule has 0 spiro atoms. The van der Waals surface area contributed by atoms with Gasteiger partial charge in [0.1, 0.15) is 10.7 Å². The number of carbonyl (C=O) groups is 1. The Morgan fingerprint density at radius 3 is 2.90 bits per heavy atom. The van der Waals surface area contributed by atoms with Crippen molar-refractivity contribution in [3.8, 4) is 0 Å². The van der Waals surface area contributed by atoms with Gasteiger partial charge in [-0.25, -0.2) is 4.39 Å². The maximum absolute atomic E-state index is 13.3. The van der Waals surface area contributed by atoms with Crippen LogP contribution in [0.3, 0.4) is 0 Å². The van der Waals surface area contributed by atoms with Crippen LogP contribution in [0.15, 0.2) is 18.2 Å². The van der Waals surface area contributed by atoms with E-state index in [1.807, 2.05) is 11.8 Å². The van der Waals surface area contributed by atoms with Crippen molar-refractivity contribution in [1.29, 1.82) is 0 Å². The van der Waals surface area contributed by atoms with E-state index in [2.05, 4.69) is 0 Å². The van der Waals surface area contributed by atoms with Crippen molar-refractivity contribution in [2.75, 3.05) is 18.8 Å². The number of nitrogens with two attached hydrogens (primary N) is 1. The van der Waals surface area contributed by atoms with Gasteiger partial charge in [-0.2, -0.15) is 0 Å². The number of nitrogen functional groups attached to an aromatic ring is 1. The summed E-state index contributed by atoms with van der Waals surface area (Å²) in [5.41, 5.74) is 6.45. The number of carbonyl (C=O) groups excluding carboxylic acids is 1. The molecule has 1 aromatic carbocycles. The molecule has 106 valence electrons. The number of halogens is 1.